The fourth-order valence-electron chi connectivity index (χ4n) is 3.89. The number of carbonyl (C=O) groups is 2. The van der Waals surface area contributed by atoms with Crippen LogP contribution in [0.15, 0.2) is 54.6 Å². The molecule has 3 amide bonds. The van der Waals surface area contributed by atoms with Gasteiger partial charge in [-0.1, -0.05) is 74.7 Å². The first-order valence-corrected chi connectivity index (χ1v) is 12.5. The number of aryl methyl sites for hydroxylation is 2. The Morgan fingerprint density at radius 1 is 0.971 bits per heavy atom. The van der Waals surface area contributed by atoms with Crippen molar-refractivity contribution in [3.05, 3.63) is 65.7 Å². The number of nitrogens with one attached hydrogen (secondary N) is 2. The van der Waals surface area contributed by atoms with E-state index in [1.54, 1.807) is 9.58 Å². The molecular formula is C28H37N5O2. The largest absolute Gasteiger partial charge is 0.338 e. The Hall–Kier alpha value is -3.61. The SMILES string of the molecule is CCCCNC(=O)N(CCCC)CC(=O)Nc1cc(-c2ccccc2)nn1-c1ccc(C)cc1C. The van der Waals surface area contributed by atoms with Crippen LogP contribution in [0.3, 0.4) is 0 Å². The maximum atomic E-state index is 13.1. The molecule has 0 saturated heterocycles. The highest BCUT2D eigenvalue weighted by molar-refractivity contribution is 5.94. The predicted molar refractivity (Wildman–Crippen MR) is 142 cm³/mol. The zero-order valence-electron chi connectivity index (χ0n) is 21.3. The molecule has 3 aromatic rings. The van der Waals surface area contributed by atoms with Gasteiger partial charge in [0.25, 0.3) is 0 Å². The number of amides is 3. The van der Waals surface area contributed by atoms with Crippen molar-refractivity contribution in [1.82, 2.24) is 20.0 Å². The van der Waals surface area contributed by atoms with Gasteiger partial charge in [-0.15, -0.1) is 0 Å². The molecule has 2 aromatic carbocycles. The molecule has 0 atom stereocenters. The van der Waals surface area contributed by atoms with Gasteiger partial charge in [0.15, 0.2) is 0 Å². The molecule has 186 valence electrons. The van der Waals surface area contributed by atoms with Gasteiger partial charge in [-0.25, -0.2) is 9.48 Å². The minimum absolute atomic E-state index is 0.0172. The molecule has 0 saturated carbocycles. The maximum Gasteiger partial charge on any atom is 0.317 e. The van der Waals surface area contributed by atoms with Crippen LogP contribution in [-0.2, 0) is 4.79 Å². The highest BCUT2D eigenvalue weighted by Crippen LogP contribution is 2.26. The van der Waals surface area contributed by atoms with Crippen molar-refractivity contribution in [2.75, 3.05) is 25.0 Å². The molecule has 1 heterocycles. The Bertz CT molecular complexity index is 1120. The summed E-state index contributed by atoms with van der Waals surface area (Å²) < 4.78 is 1.77. The number of anilines is 1. The zero-order chi connectivity index (χ0) is 25.2. The monoisotopic (exact) mass is 475 g/mol. The van der Waals surface area contributed by atoms with Crippen molar-refractivity contribution in [2.24, 2.45) is 0 Å². The topological polar surface area (TPSA) is 79.3 Å². The fourth-order valence-corrected chi connectivity index (χ4v) is 3.89. The third-order valence-electron chi connectivity index (χ3n) is 5.84. The van der Waals surface area contributed by atoms with E-state index in [9.17, 15) is 9.59 Å². The van der Waals surface area contributed by atoms with E-state index in [-0.39, 0.29) is 18.5 Å². The Kier molecular flexibility index (Phi) is 9.47. The number of nitrogens with zero attached hydrogens (tertiary/aromatic N) is 3. The Morgan fingerprint density at radius 3 is 2.40 bits per heavy atom. The lowest BCUT2D eigenvalue weighted by Gasteiger charge is -2.22. The summed E-state index contributed by atoms with van der Waals surface area (Å²) in [5.74, 6) is 0.319. The van der Waals surface area contributed by atoms with Gasteiger partial charge in [0, 0.05) is 24.7 Å². The molecular weight excluding hydrogens is 438 g/mol. The molecule has 0 spiro atoms. The van der Waals surface area contributed by atoms with Crippen molar-refractivity contribution < 1.29 is 9.59 Å². The number of urea groups is 1. The van der Waals surface area contributed by atoms with Crippen molar-refractivity contribution in [3.8, 4) is 16.9 Å². The molecule has 0 unspecified atom stereocenters. The van der Waals surface area contributed by atoms with Crippen LogP contribution in [0, 0.1) is 13.8 Å². The van der Waals surface area contributed by atoms with Crippen LogP contribution >= 0.6 is 0 Å². The van der Waals surface area contributed by atoms with Crippen molar-refractivity contribution in [1.29, 1.82) is 0 Å². The molecule has 35 heavy (non-hydrogen) atoms. The van der Waals surface area contributed by atoms with Crippen molar-refractivity contribution in [2.45, 2.75) is 53.4 Å². The minimum atomic E-state index is -0.253. The van der Waals surface area contributed by atoms with E-state index in [0.717, 1.165) is 53.8 Å². The van der Waals surface area contributed by atoms with Crippen LogP contribution in [0.4, 0.5) is 10.6 Å². The first kappa shape index (κ1) is 26.0. The first-order valence-electron chi connectivity index (χ1n) is 12.5. The van der Waals surface area contributed by atoms with Gasteiger partial charge in [0.05, 0.1) is 11.4 Å². The molecule has 0 fully saturated rings. The third-order valence-corrected chi connectivity index (χ3v) is 5.84. The van der Waals surface area contributed by atoms with Gasteiger partial charge < -0.3 is 15.5 Å². The number of unbranched alkanes of at least 4 members (excludes halogenated alkanes) is 2. The number of carbonyl (C=O) groups excluding carboxylic acids is 2. The highest BCUT2D eigenvalue weighted by Gasteiger charge is 2.19. The Morgan fingerprint density at radius 2 is 1.71 bits per heavy atom. The number of aromatic nitrogens is 2. The van der Waals surface area contributed by atoms with Crippen molar-refractivity contribution in [3.63, 3.8) is 0 Å². The van der Waals surface area contributed by atoms with Crippen LogP contribution in [0.2, 0.25) is 0 Å². The van der Waals surface area contributed by atoms with Crippen LogP contribution in [0.1, 0.15) is 50.7 Å². The molecule has 7 nitrogen and oxygen atoms in total. The zero-order valence-corrected chi connectivity index (χ0v) is 21.3. The van der Waals surface area contributed by atoms with Crippen molar-refractivity contribution >= 4 is 17.8 Å². The average Bonchev–Trinajstić information content (AvgIpc) is 3.25. The van der Waals surface area contributed by atoms with E-state index in [1.165, 1.54) is 0 Å². The van der Waals surface area contributed by atoms with E-state index in [2.05, 4.69) is 30.5 Å². The Labute approximate surface area is 208 Å². The van der Waals surface area contributed by atoms with Gasteiger partial charge in [-0.3, -0.25) is 4.79 Å². The standard InChI is InChI=1S/C28H37N5O2/c1-5-7-16-29-28(35)32(17-8-6-2)20-27(34)30-26-19-24(23-12-10-9-11-13-23)31-33(26)25-15-14-21(3)18-22(25)4/h9-15,18-19H,5-8,16-17,20H2,1-4H3,(H,29,35)(H,30,34). The second-order valence-electron chi connectivity index (χ2n) is 8.89. The van der Waals surface area contributed by atoms with Gasteiger partial charge in [-0.2, -0.15) is 5.10 Å². The molecule has 3 rings (SSSR count). The molecule has 0 bridgehead atoms. The summed E-state index contributed by atoms with van der Waals surface area (Å²) in [7, 11) is 0. The average molecular weight is 476 g/mol. The quantitative estimate of drug-likeness (QED) is 0.349. The summed E-state index contributed by atoms with van der Waals surface area (Å²) in [6.07, 6.45) is 3.70. The fraction of sp³-hybridized carbons (Fsp3) is 0.393. The summed E-state index contributed by atoms with van der Waals surface area (Å²) in [6, 6.07) is 17.7. The number of hydrogen-bond donors (Lipinski definition) is 2. The molecule has 0 aliphatic carbocycles. The second kappa shape index (κ2) is 12.7. The molecule has 1 aromatic heterocycles. The van der Waals surface area contributed by atoms with E-state index in [1.807, 2.05) is 62.4 Å². The van der Waals surface area contributed by atoms with E-state index in [4.69, 9.17) is 5.10 Å². The second-order valence-corrected chi connectivity index (χ2v) is 8.89. The molecule has 0 aliphatic rings. The third kappa shape index (κ3) is 7.18. The maximum absolute atomic E-state index is 13.1. The van der Waals surface area contributed by atoms with Crippen LogP contribution in [0.5, 0.6) is 0 Å². The van der Waals surface area contributed by atoms with Crippen LogP contribution in [-0.4, -0.2) is 46.3 Å². The number of hydrogen-bond acceptors (Lipinski definition) is 3. The summed E-state index contributed by atoms with van der Waals surface area (Å²) in [4.78, 5) is 27.4. The molecule has 2 N–H and O–H groups in total. The smallest absolute Gasteiger partial charge is 0.317 e. The lowest BCUT2D eigenvalue weighted by atomic mass is 10.1. The summed E-state index contributed by atoms with van der Waals surface area (Å²) in [5, 5.41) is 10.8. The van der Waals surface area contributed by atoms with Gasteiger partial charge in [0.1, 0.15) is 12.4 Å². The van der Waals surface area contributed by atoms with Gasteiger partial charge in [-0.05, 0) is 38.3 Å². The summed E-state index contributed by atoms with van der Waals surface area (Å²) in [5.41, 5.74) is 4.84. The number of rotatable bonds is 11. The van der Waals surface area contributed by atoms with E-state index >= 15 is 0 Å². The van der Waals surface area contributed by atoms with Gasteiger partial charge in [0.2, 0.25) is 5.91 Å². The highest BCUT2D eigenvalue weighted by atomic mass is 16.2. The lowest BCUT2D eigenvalue weighted by Crippen LogP contribution is -2.44. The first-order chi connectivity index (χ1) is 16.9. The predicted octanol–water partition coefficient (Wildman–Crippen LogP) is 5.71. The van der Waals surface area contributed by atoms with Crippen LogP contribution in [0.25, 0.3) is 16.9 Å². The molecule has 0 aliphatic heterocycles. The molecule has 7 heteroatoms. The van der Waals surface area contributed by atoms with E-state index < -0.39 is 0 Å². The minimum Gasteiger partial charge on any atom is -0.338 e. The molecule has 0 radical (unpaired) electrons. The van der Waals surface area contributed by atoms with Gasteiger partial charge >= 0.3 is 6.03 Å². The van der Waals surface area contributed by atoms with Crippen LogP contribution < -0.4 is 10.6 Å². The normalized spacial score (nSPS) is 10.7. The number of benzene rings is 2. The Balaban J connectivity index is 1.86. The lowest BCUT2D eigenvalue weighted by molar-refractivity contribution is -0.116. The summed E-state index contributed by atoms with van der Waals surface area (Å²) in [6.45, 7) is 9.36. The summed E-state index contributed by atoms with van der Waals surface area (Å²) >= 11 is 0. The van der Waals surface area contributed by atoms with E-state index in [0.29, 0.717) is 18.9 Å².